The summed E-state index contributed by atoms with van der Waals surface area (Å²) in [5, 5.41) is 5.28. The van der Waals surface area contributed by atoms with Crippen molar-refractivity contribution < 1.29 is 18.4 Å². The molecular weight excluding hydrogens is 326 g/mol. The molecule has 0 atom stereocenters. The van der Waals surface area contributed by atoms with Gasteiger partial charge in [0.2, 0.25) is 11.8 Å². The summed E-state index contributed by atoms with van der Waals surface area (Å²) in [5.41, 5.74) is 1.60. The van der Waals surface area contributed by atoms with Gasteiger partial charge in [0.05, 0.1) is 6.42 Å². The Kier molecular flexibility index (Phi) is 6.39. The minimum Gasteiger partial charge on any atom is -0.355 e. The Morgan fingerprint density at radius 3 is 2.48 bits per heavy atom. The van der Waals surface area contributed by atoms with Gasteiger partial charge in [-0.3, -0.25) is 9.59 Å². The number of hydrogen-bond donors (Lipinski definition) is 2. The van der Waals surface area contributed by atoms with Crippen molar-refractivity contribution in [2.24, 2.45) is 0 Å². The van der Waals surface area contributed by atoms with Gasteiger partial charge in [0, 0.05) is 12.2 Å². The number of nitrogens with one attached hydrogen (secondary N) is 2. The van der Waals surface area contributed by atoms with Crippen molar-refractivity contribution in [3.8, 4) is 0 Å². The van der Waals surface area contributed by atoms with Gasteiger partial charge in [-0.25, -0.2) is 8.78 Å². The van der Waals surface area contributed by atoms with E-state index in [4.69, 9.17) is 0 Å². The fraction of sp³-hybridized carbons (Fsp3) is 0.158. The molecule has 0 bridgehead atoms. The van der Waals surface area contributed by atoms with Crippen LogP contribution in [-0.2, 0) is 22.4 Å². The molecule has 0 aromatic heterocycles. The van der Waals surface area contributed by atoms with Crippen LogP contribution in [0.5, 0.6) is 0 Å². The molecule has 0 aliphatic rings. The lowest BCUT2D eigenvalue weighted by Gasteiger charge is -2.07. The van der Waals surface area contributed by atoms with Crippen molar-refractivity contribution in [1.82, 2.24) is 5.32 Å². The summed E-state index contributed by atoms with van der Waals surface area (Å²) in [4.78, 5) is 23.1. The van der Waals surface area contributed by atoms with E-state index in [0.29, 0.717) is 5.69 Å². The van der Waals surface area contributed by atoms with E-state index in [9.17, 15) is 18.4 Å². The van der Waals surface area contributed by atoms with Gasteiger partial charge in [-0.05, 0) is 41.8 Å². The monoisotopic (exact) mass is 344 g/mol. The molecule has 6 heteroatoms. The molecule has 0 aliphatic heterocycles. The first-order valence-corrected chi connectivity index (χ1v) is 7.71. The maximum Gasteiger partial charge on any atom is 0.247 e. The third-order valence-corrected chi connectivity index (χ3v) is 3.52. The predicted molar refractivity (Wildman–Crippen MR) is 92.0 cm³/mol. The van der Waals surface area contributed by atoms with Crippen LogP contribution in [0.15, 0.2) is 55.1 Å². The molecule has 2 aromatic carbocycles. The summed E-state index contributed by atoms with van der Waals surface area (Å²) in [5.74, 6) is -2.31. The first kappa shape index (κ1) is 18.3. The van der Waals surface area contributed by atoms with Crippen LogP contribution in [0, 0.1) is 11.6 Å². The fourth-order valence-corrected chi connectivity index (χ4v) is 2.23. The van der Waals surface area contributed by atoms with Crippen LogP contribution in [0.2, 0.25) is 0 Å². The zero-order valence-corrected chi connectivity index (χ0v) is 13.5. The topological polar surface area (TPSA) is 58.2 Å². The summed E-state index contributed by atoms with van der Waals surface area (Å²) >= 11 is 0. The van der Waals surface area contributed by atoms with Crippen molar-refractivity contribution in [2.75, 3.05) is 11.9 Å². The van der Waals surface area contributed by atoms with Gasteiger partial charge in [0.1, 0.15) is 0 Å². The van der Waals surface area contributed by atoms with Crippen LogP contribution in [0.25, 0.3) is 0 Å². The van der Waals surface area contributed by atoms with Crippen LogP contribution in [0.3, 0.4) is 0 Å². The van der Waals surface area contributed by atoms with E-state index in [2.05, 4.69) is 17.2 Å². The van der Waals surface area contributed by atoms with Crippen molar-refractivity contribution in [3.63, 3.8) is 0 Å². The van der Waals surface area contributed by atoms with Crippen LogP contribution in [-0.4, -0.2) is 18.4 Å². The Hall–Kier alpha value is -3.02. The minimum absolute atomic E-state index is 0.154. The number of anilines is 1. The zero-order valence-electron chi connectivity index (χ0n) is 13.5. The Labute approximate surface area is 144 Å². The average molecular weight is 344 g/mol. The molecule has 2 amide bonds. The molecule has 2 aromatic rings. The Morgan fingerprint density at radius 2 is 1.80 bits per heavy atom. The van der Waals surface area contributed by atoms with Crippen molar-refractivity contribution >= 4 is 17.5 Å². The molecule has 2 rings (SSSR count). The van der Waals surface area contributed by atoms with Gasteiger partial charge >= 0.3 is 0 Å². The first-order valence-electron chi connectivity index (χ1n) is 7.71. The van der Waals surface area contributed by atoms with Crippen LogP contribution >= 0.6 is 0 Å². The van der Waals surface area contributed by atoms with E-state index in [1.54, 1.807) is 24.3 Å². The van der Waals surface area contributed by atoms with Gasteiger partial charge in [0.15, 0.2) is 11.6 Å². The summed E-state index contributed by atoms with van der Waals surface area (Å²) in [6.07, 6.45) is 1.53. The van der Waals surface area contributed by atoms with Gasteiger partial charge < -0.3 is 10.6 Å². The molecule has 25 heavy (non-hydrogen) atoms. The quantitative estimate of drug-likeness (QED) is 0.759. The fourth-order valence-electron chi connectivity index (χ4n) is 2.23. The molecule has 0 saturated carbocycles. The SMILES string of the molecule is C=CC(=O)Nc1ccc(CC(=O)NCCc2cccc(F)c2F)cc1. The number of halogens is 2. The second kappa shape index (κ2) is 8.73. The highest BCUT2D eigenvalue weighted by Gasteiger charge is 2.08. The number of benzene rings is 2. The maximum atomic E-state index is 13.5. The molecule has 0 spiro atoms. The molecule has 0 fully saturated rings. The van der Waals surface area contributed by atoms with Crippen LogP contribution in [0.1, 0.15) is 11.1 Å². The number of rotatable bonds is 7. The van der Waals surface area contributed by atoms with Gasteiger partial charge in [-0.2, -0.15) is 0 Å². The highest BCUT2D eigenvalue weighted by molar-refractivity contribution is 5.98. The summed E-state index contributed by atoms with van der Waals surface area (Å²) in [6.45, 7) is 3.58. The van der Waals surface area contributed by atoms with Crippen molar-refractivity contribution in [2.45, 2.75) is 12.8 Å². The third kappa shape index (κ3) is 5.53. The molecule has 0 unspecified atom stereocenters. The van der Waals surface area contributed by atoms with Gasteiger partial charge in [-0.1, -0.05) is 30.8 Å². The highest BCUT2D eigenvalue weighted by atomic mass is 19.2. The van der Waals surface area contributed by atoms with Gasteiger partial charge in [0.25, 0.3) is 0 Å². The summed E-state index contributed by atoms with van der Waals surface area (Å²) in [7, 11) is 0. The van der Waals surface area contributed by atoms with E-state index < -0.39 is 11.6 Å². The van der Waals surface area contributed by atoms with E-state index in [1.807, 2.05) is 0 Å². The lowest BCUT2D eigenvalue weighted by Crippen LogP contribution is -2.27. The Bertz CT molecular complexity index is 773. The summed E-state index contributed by atoms with van der Waals surface area (Å²) in [6, 6.07) is 10.8. The number of amides is 2. The lowest BCUT2D eigenvalue weighted by molar-refractivity contribution is -0.120. The number of carbonyl (C=O) groups is 2. The molecule has 4 nitrogen and oxygen atoms in total. The number of hydrogen-bond acceptors (Lipinski definition) is 2. The van der Waals surface area contributed by atoms with Crippen molar-refractivity contribution in [1.29, 1.82) is 0 Å². The largest absolute Gasteiger partial charge is 0.355 e. The highest BCUT2D eigenvalue weighted by Crippen LogP contribution is 2.12. The number of carbonyl (C=O) groups excluding carboxylic acids is 2. The van der Waals surface area contributed by atoms with E-state index in [0.717, 1.165) is 11.6 Å². The second-order valence-electron chi connectivity index (χ2n) is 5.38. The smallest absolute Gasteiger partial charge is 0.247 e. The minimum atomic E-state index is -0.896. The van der Waals surface area contributed by atoms with Crippen LogP contribution in [0.4, 0.5) is 14.5 Å². The lowest BCUT2D eigenvalue weighted by atomic mass is 10.1. The Balaban J connectivity index is 1.81. The third-order valence-electron chi connectivity index (χ3n) is 3.52. The molecule has 0 saturated heterocycles. The molecule has 0 heterocycles. The molecule has 2 N–H and O–H groups in total. The maximum absolute atomic E-state index is 13.5. The molecular formula is C19H18F2N2O2. The summed E-state index contributed by atoms with van der Waals surface area (Å²) < 4.78 is 26.6. The molecule has 130 valence electrons. The standard InChI is InChI=1S/C19H18F2N2O2/c1-2-17(24)23-15-8-6-13(7-9-15)12-18(25)22-11-10-14-4-3-5-16(20)19(14)21/h2-9H,1,10-12H2,(H,22,25)(H,23,24). The van der Waals surface area contributed by atoms with E-state index in [-0.39, 0.29) is 36.8 Å². The van der Waals surface area contributed by atoms with E-state index in [1.165, 1.54) is 18.2 Å². The normalized spacial score (nSPS) is 10.2. The Morgan fingerprint density at radius 1 is 1.08 bits per heavy atom. The predicted octanol–water partition coefficient (Wildman–Crippen LogP) is 2.99. The van der Waals surface area contributed by atoms with Gasteiger partial charge in [-0.15, -0.1) is 0 Å². The van der Waals surface area contributed by atoms with Crippen LogP contribution < -0.4 is 10.6 Å². The van der Waals surface area contributed by atoms with E-state index >= 15 is 0 Å². The zero-order chi connectivity index (χ0) is 18.2. The second-order valence-corrected chi connectivity index (χ2v) is 5.38. The van der Waals surface area contributed by atoms with Crippen molar-refractivity contribution in [3.05, 3.63) is 77.9 Å². The first-order chi connectivity index (χ1) is 12.0. The molecule has 0 aliphatic carbocycles. The molecule has 0 radical (unpaired) electrons. The average Bonchev–Trinajstić information content (AvgIpc) is 2.60.